The lowest BCUT2D eigenvalue weighted by atomic mass is 10.2. The Balaban J connectivity index is 1.48. The van der Waals surface area contributed by atoms with Crippen LogP contribution in [0.1, 0.15) is 16.2 Å². The van der Waals surface area contributed by atoms with Gasteiger partial charge in [-0.15, -0.1) is 0 Å². The van der Waals surface area contributed by atoms with Gasteiger partial charge in [-0.2, -0.15) is 0 Å². The molecule has 0 saturated carbocycles. The van der Waals surface area contributed by atoms with Crippen molar-refractivity contribution < 1.29 is 19.2 Å². The molecule has 29 heavy (non-hydrogen) atoms. The minimum atomic E-state index is -0.0591. The van der Waals surface area contributed by atoms with E-state index in [-0.39, 0.29) is 5.91 Å². The second-order valence-corrected chi connectivity index (χ2v) is 7.26. The van der Waals surface area contributed by atoms with Gasteiger partial charge in [0.1, 0.15) is 24.7 Å². The van der Waals surface area contributed by atoms with E-state index in [0.29, 0.717) is 12.1 Å². The van der Waals surface area contributed by atoms with E-state index in [1.165, 1.54) is 4.90 Å². The highest BCUT2D eigenvalue weighted by atomic mass is 16.5. The number of carbonyl (C=O) groups excluding carboxylic acids is 1. The number of nitrogens with one attached hydrogen (secondary N) is 2. The van der Waals surface area contributed by atoms with E-state index in [2.05, 4.69) is 14.9 Å². The van der Waals surface area contributed by atoms with Gasteiger partial charge >= 0.3 is 0 Å². The summed E-state index contributed by atoms with van der Waals surface area (Å²) in [5, 5.41) is 3.03. The fourth-order valence-corrected chi connectivity index (χ4v) is 3.76. The van der Waals surface area contributed by atoms with Crippen molar-refractivity contribution in [3.63, 3.8) is 0 Å². The van der Waals surface area contributed by atoms with Gasteiger partial charge in [-0.3, -0.25) is 9.36 Å². The Morgan fingerprint density at radius 3 is 2.69 bits per heavy atom. The molecule has 1 saturated heterocycles. The van der Waals surface area contributed by atoms with Crippen molar-refractivity contribution >= 4 is 16.9 Å². The van der Waals surface area contributed by atoms with Crippen LogP contribution in [0.4, 0.5) is 0 Å². The number of ether oxygens (including phenoxy) is 2. The van der Waals surface area contributed by atoms with Crippen LogP contribution in [0.3, 0.4) is 0 Å². The fraction of sp³-hybridized carbons (Fsp3) is 0.364. The molecular formula is C22H27N4O3+. The highest BCUT2D eigenvalue weighted by molar-refractivity contribution is 5.97. The minimum absolute atomic E-state index is 0.0591. The zero-order valence-corrected chi connectivity index (χ0v) is 16.9. The Bertz CT molecular complexity index is 991. The van der Waals surface area contributed by atoms with E-state index in [1.807, 2.05) is 49.4 Å². The lowest BCUT2D eigenvalue weighted by Gasteiger charge is -2.23. The van der Waals surface area contributed by atoms with Crippen molar-refractivity contribution in [1.82, 2.24) is 14.9 Å². The summed E-state index contributed by atoms with van der Waals surface area (Å²) in [6, 6.07) is 13.5. The molecule has 0 spiro atoms. The average Bonchev–Trinajstić information content (AvgIpc) is 3.09. The predicted molar refractivity (Wildman–Crippen MR) is 111 cm³/mol. The van der Waals surface area contributed by atoms with Gasteiger partial charge in [0, 0.05) is 11.3 Å². The third kappa shape index (κ3) is 4.26. The zero-order valence-electron chi connectivity index (χ0n) is 16.9. The number of rotatable bonds is 6. The number of methoxy groups -OCH3 is 1. The number of aromatic nitrogens is 2. The van der Waals surface area contributed by atoms with Gasteiger partial charge in [0.2, 0.25) is 0 Å². The normalized spacial score (nSPS) is 14.8. The molecule has 152 valence electrons. The predicted octanol–water partition coefficient (Wildman–Crippen LogP) is 0.987. The third-order valence-electron chi connectivity index (χ3n) is 5.38. The maximum absolute atomic E-state index is 12.6. The van der Waals surface area contributed by atoms with Crippen molar-refractivity contribution in [3.05, 3.63) is 53.9 Å². The number of amides is 1. The number of fused-ring (bicyclic) bond motifs is 1. The molecule has 1 aliphatic heterocycles. The standard InChI is InChI=1S/C22H26N4O3/c1-16-24-20-15-17(22(27)23-9-10-25-11-13-29-14-12-25)3-8-21(20)26(16)18-4-6-19(28-2)7-5-18/h3-8,15H,9-14H2,1-2H3,(H,23,27)/p+1. The van der Waals surface area contributed by atoms with Crippen LogP contribution < -0.4 is 15.0 Å². The van der Waals surface area contributed by atoms with Crippen LogP contribution in [0.5, 0.6) is 5.75 Å². The topological polar surface area (TPSA) is 69.8 Å². The maximum Gasteiger partial charge on any atom is 0.251 e. The molecule has 0 radical (unpaired) electrons. The van der Waals surface area contributed by atoms with Crippen molar-refractivity contribution in [2.45, 2.75) is 6.92 Å². The van der Waals surface area contributed by atoms with E-state index in [0.717, 1.165) is 61.1 Å². The van der Waals surface area contributed by atoms with E-state index in [4.69, 9.17) is 9.47 Å². The van der Waals surface area contributed by atoms with Gasteiger partial charge in [0.25, 0.3) is 5.91 Å². The molecule has 1 fully saturated rings. The molecule has 3 aromatic rings. The molecule has 0 bridgehead atoms. The summed E-state index contributed by atoms with van der Waals surface area (Å²) in [7, 11) is 1.65. The number of nitrogens with zero attached hydrogens (tertiary/aromatic N) is 2. The molecule has 1 amide bonds. The molecule has 0 aliphatic carbocycles. The van der Waals surface area contributed by atoms with Crippen molar-refractivity contribution in [3.8, 4) is 11.4 Å². The molecule has 2 N–H and O–H groups in total. The van der Waals surface area contributed by atoms with E-state index >= 15 is 0 Å². The number of imidazole rings is 1. The van der Waals surface area contributed by atoms with Crippen LogP contribution in [-0.2, 0) is 4.74 Å². The maximum atomic E-state index is 12.6. The van der Waals surface area contributed by atoms with Crippen LogP contribution in [0, 0.1) is 6.92 Å². The first-order valence-electron chi connectivity index (χ1n) is 9.99. The summed E-state index contributed by atoms with van der Waals surface area (Å²) in [6.07, 6.45) is 0. The number of morpholine rings is 1. The smallest absolute Gasteiger partial charge is 0.251 e. The molecule has 4 rings (SSSR count). The minimum Gasteiger partial charge on any atom is -0.497 e. The van der Waals surface area contributed by atoms with Crippen molar-refractivity contribution in [2.75, 3.05) is 46.5 Å². The summed E-state index contributed by atoms with van der Waals surface area (Å²) in [4.78, 5) is 18.7. The number of hydrogen-bond acceptors (Lipinski definition) is 4. The Labute approximate surface area is 170 Å². The molecule has 7 heteroatoms. The average molecular weight is 395 g/mol. The summed E-state index contributed by atoms with van der Waals surface area (Å²) in [6.45, 7) is 7.16. The van der Waals surface area contributed by atoms with Crippen LogP contribution in [0.25, 0.3) is 16.7 Å². The number of hydrogen-bond donors (Lipinski definition) is 2. The van der Waals surface area contributed by atoms with E-state index in [9.17, 15) is 4.79 Å². The SMILES string of the molecule is COc1ccc(-n2c(C)nc3cc(C(=O)NCC[NH+]4CCOCC4)ccc32)cc1. The van der Waals surface area contributed by atoms with Gasteiger partial charge in [0.15, 0.2) is 0 Å². The first-order valence-corrected chi connectivity index (χ1v) is 9.99. The number of quaternary nitrogens is 1. The van der Waals surface area contributed by atoms with Crippen LogP contribution in [-0.4, -0.2) is 62.0 Å². The van der Waals surface area contributed by atoms with Gasteiger partial charge < -0.3 is 19.7 Å². The van der Waals surface area contributed by atoms with Gasteiger partial charge in [0.05, 0.1) is 44.4 Å². The molecule has 2 aromatic carbocycles. The number of aryl methyl sites for hydroxylation is 1. The number of benzene rings is 2. The van der Waals surface area contributed by atoms with E-state index < -0.39 is 0 Å². The highest BCUT2D eigenvalue weighted by Crippen LogP contribution is 2.24. The first kappa shape index (κ1) is 19.4. The quantitative estimate of drug-likeness (QED) is 0.653. The Kier molecular flexibility index (Phi) is 5.78. The summed E-state index contributed by atoms with van der Waals surface area (Å²) < 4.78 is 12.7. The van der Waals surface area contributed by atoms with Gasteiger partial charge in [-0.05, 0) is 49.4 Å². The first-order chi connectivity index (χ1) is 14.2. The summed E-state index contributed by atoms with van der Waals surface area (Å²) >= 11 is 0. The largest absolute Gasteiger partial charge is 0.497 e. The molecular weight excluding hydrogens is 368 g/mol. The highest BCUT2D eigenvalue weighted by Gasteiger charge is 2.15. The van der Waals surface area contributed by atoms with Gasteiger partial charge in [-0.1, -0.05) is 0 Å². The molecule has 1 aromatic heterocycles. The van der Waals surface area contributed by atoms with Crippen LogP contribution in [0.2, 0.25) is 0 Å². The summed E-state index contributed by atoms with van der Waals surface area (Å²) in [5.74, 6) is 1.63. The van der Waals surface area contributed by atoms with Crippen molar-refractivity contribution in [1.29, 1.82) is 0 Å². The van der Waals surface area contributed by atoms with Crippen LogP contribution in [0.15, 0.2) is 42.5 Å². The molecule has 7 nitrogen and oxygen atoms in total. The van der Waals surface area contributed by atoms with Crippen LogP contribution >= 0.6 is 0 Å². The monoisotopic (exact) mass is 395 g/mol. The second-order valence-electron chi connectivity index (χ2n) is 7.26. The van der Waals surface area contributed by atoms with Gasteiger partial charge in [-0.25, -0.2) is 4.98 Å². The molecule has 1 aliphatic rings. The lowest BCUT2D eigenvalue weighted by Crippen LogP contribution is -3.14. The Morgan fingerprint density at radius 2 is 1.97 bits per heavy atom. The molecule has 0 atom stereocenters. The third-order valence-corrected chi connectivity index (χ3v) is 5.38. The lowest BCUT2D eigenvalue weighted by molar-refractivity contribution is -0.906. The zero-order chi connectivity index (χ0) is 20.2. The fourth-order valence-electron chi connectivity index (χ4n) is 3.76. The number of carbonyl (C=O) groups is 1. The Hall–Kier alpha value is -2.90. The van der Waals surface area contributed by atoms with Crippen molar-refractivity contribution in [2.24, 2.45) is 0 Å². The molecule has 0 unspecified atom stereocenters. The summed E-state index contributed by atoms with van der Waals surface area (Å²) in [5.41, 5.74) is 3.43. The van der Waals surface area contributed by atoms with E-state index in [1.54, 1.807) is 7.11 Å². The second kappa shape index (κ2) is 8.63. The molecule has 2 heterocycles. The Morgan fingerprint density at radius 1 is 1.21 bits per heavy atom.